The maximum Gasteiger partial charge on any atom is 0.330 e. The number of nitrogens with zero attached hydrogens (tertiary/aromatic N) is 1. The molecule has 20 heavy (non-hydrogen) atoms. The fourth-order valence-electron chi connectivity index (χ4n) is 2.83. The molecule has 0 amide bonds. The fourth-order valence-corrected chi connectivity index (χ4v) is 2.83. The summed E-state index contributed by atoms with van der Waals surface area (Å²) in [5.41, 5.74) is 0. The summed E-state index contributed by atoms with van der Waals surface area (Å²) in [6.07, 6.45) is -0.211. The number of hydrogen-bond donors (Lipinski definition) is 0. The van der Waals surface area contributed by atoms with Crippen LogP contribution < -0.4 is 0 Å². The second kappa shape index (κ2) is 7.04. The summed E-state index contributed by atoms with van der Waals surface area (Å²) in [5.74, 6) is -3.55. The Morgan fingerprint density at radius 2 is 2.10 bits per heavy atom. The Morgan fingerprint density at radius 3 is 2.85 bits per heavy atom. The summed E-state index contributed by atoms with van der Waals surface area (Å²) in [7, 11) is 0. The molecule has 2 fully saturated rings. The standard InChI is InChI=1S/C13H21F4NO2/c14-12(15)13(16,17)9-19-7-5-18-4-3-11-10(8-18)2-1-6-20-11/h10-12H,1-9H2/t10-,11-/m1/s1. The Morgan fingerprint density at radius 1 is 1.30 bits per heavy atom. The van der Waals surface area contributed by atoms with Crippen molar-refractivity contribution in [2.24, 2.45) is 5.92 Å². The number of piperidine rings is 1. The normalized spacial score (nSPS) is 28.6. The van der Waals surface area contributed by atoms with E-state index in [2.05, 4.69) is 4.90 Å². The van der Waals surface area contributed by atoms with Crippen LogP contribution in [0.2, 0.25) is 0 Å². The van der Waals surface area contributed by atoms with Gasteiger partial charge in [-0.2, -0.15) is 8.78 Å². The van der Waals surface area contributed by atoms with E-state index in [1.807, 2.05) is 0 Å². The van der Waals surface area contributed by atoms with Gasteiger partial charge in [-0.15, -0.1) is 0 Å². The third kappa shape index (κ3) is 4.30. The zero-order valence-corrected chi connectivity index (χ0v) is 11.4. The third-order valence-electron chi connectivity index (χ3n) is 3.97. The van der Waals surface area contributed by atoms with Crippen LogP contribution >= 0.6 is 0 Å². The molecule has 2 atom stereocenters. The van der Waals surface area contributed by atoms with Crippen LogP contribution in [0.5, 0.6) is 0 Å². The van der Waals surface area contributed by atoms with Gasteiger partial charge in [0.2, 0.25) is 0 Å². The zero-order chi connectivity index (χ0) is 14.6. The van der Waals surface area contributed by atoms with Crippen molar-refractivity contribution in [1.29, 1.82) is 0 Å². The molecule has 0 saturated carbocycles. The Hall–Kier alpha value is -0.400. The van der Waals surface area contributed by atoms with Gasteiger partial charge in [0, 0.05) is 26.2 Å². The van der Waals surface area contributed by atoms with E-state index in [9.17, 15) is 17.6 Å². The van der Waals surface area contributed by atoms with Crippen LogP contribution in [0.3, 0.4) is 0 Å². The van der Waals surface area contributed by atoms with Gasteiger partial charge in [-0.1, -0.05) is 0 Å². The van der Waals surface area contributed by atoms with Crippen molar-refractivity contribution in [3.63, 3.8) is 0 Å². The van der Waals surface area contributed by atoms with Gasteiger partial charge in [0.25, 0.3) is 0 Å². The summed E-state index contributed by atoms with van der Waals surface area (Å²) < 4.78 is 59.5. The lowest BCUT2D eigenvalue weighted by Crippen LogP contribution is -2.47. The lowest BCUT2D eigenvalue weighted by Gasteiger charge is -2.41. The van der Waals surface area contributed by atoms with Crippen LogP contribution in [-0.2, 0) is 9.47 Å². The molecule has 3 nitrogen and oxygen atoms in total. The van der Waals surface area contributed by atoms with Crippen molar-refractivity contribution in [2.45, 2.75) is 37.7 Å². The fraction of sp³-hybridized carbons (Fsp3) is 1.00. The largest absolute Gasteiger partial charge is 0.378 e. The molecule has 0 radical (unpaired) electrons. The van der Waals surface area contributed by atoms with Crippen molar-refractivity contribution in [3.8, 4) is 0 Å². The Labute approximate surface area is 116 Å². The first-order valence-corrected chi connectivity index (χ1v) is 7.07. The van der Waals surface area contributed by atoms with Gasteiger partial charge in [0.05, 0.1) is 12.7 Å². The second-order valence-electron chi connectivity index (χ2n) is 5.52. The highest BCUT2D eigenvalue weighted by molar-refractivity contribution is 4.83. The molecule has 0 aromatic carbocycles. The molecule has 0 N–H and O–H groups in total. The van der Waals surface area contributed by atoms with E-state index in [0.717, 1.165) is 39.0 Å². The molecule has 2 rings (SSSR count). The van der Waals surface area contributed by atoms with Crippen molar-refractivity contribution in [2.75, 3.05) is 39.5 Å². The van der Waals surface area contributed by atoms with Gasteiger partial charge in [-0.05, 0) is 25.2 Å². The highest BCUT2D eigenvalue weighted by atomic mass is 19.3. The molecular weight excluding hydrogens is 278 g/mol. The first-order valence-electron chi connectivity index (χ1n) is 7.07. The molecule has 2 aliphatic heterocycles. The van der Waals surface area contributed by atoms with Gasteiger partial charge >= 0.3 is 12.3 Å². The summed E-state index contributed by atoms with van der Waals surface area (Å²) >= 11 is 0. The van der Waals surface area contributed by atoms with Crippen molar-refractivity contribution in [3.05, 3.63) is 0 Å². The average Bonchev–Trinajstić information content (AvgIpc) is 2.43. The van der Waals surface area contributed by atoms with E-state index < -0.39 is 19.0 Å². The van der Waals surface area contributed by atoms with Crippen LogP contribution in [0.15, 0.2) is 0 Å². The highest BCUT2D eigenvalue weighted by Gasteiger charge is 2.41. The lowest BCUT2D eigenvalue weighted by molar-refractivity contribution is -0.167. The van der Waals surface area contributed by atoms with Gasteiger partial charge in [0.15, 0.2) is 0 Å². The molecule has 2 saturated heterocycles. The van der Waals surface area contributed by atoms with E-state index in [-0.39, 0.29) is 6.61 Å². The molecule has 0 aliphatic carbocycles. The summed E-state index contributed by atoms with van der Waals surface area (Å²) in [5, 5.41) is 0. The van der Waals surface area contributed by atoms with E-state index in [4.69, 9.17) is 9.47 Å². The van der Waals surface area contributed by atoms with Crippen molar-refractivity contribution in [1.82, 2.24) is 4.90 Å². The minimum Gasteiger partial charge on any atom is -0.378 e. The summed E-state index contributed by atoms with van der Waals surface area (Å²) in [6, 6.07) is 0. The number of alkyl halides is 4. The monoisotopic (exact) mass is 299 g/mol. The van der Waals surface area contributed by atoms with Gasteiger partial charge in [0.1, 0.15) is 6.61 Å². The molecule has 0 aromatic rings. The molecule has 0 bridgehead atoms. The lowest BCUT2D eigenvalue weighted by atomic mass is 9.88. The third-order valence-corrected chi connectivity index (χ3v) is 3.97. The number of fused-ring (bicyclic) bond motifs is 1. The minimum atomic E-state index is -4.05. The molecule has 0 unspecified atom stereocenters. The van der Waals surface area contributed by atoms with Gasteiger partial charge in [-0.3, -0.25) is 0 Å². The Bertz CT molecular complexity index is 304. The molecule has 7 heteroatoms. The predicted octanol–water partition coefficient (Wildman–Crippen LogP) is 2.40. The Kier molecular flexibility index (Phi) is 5.63. The maximum absolute atomic E-state index is 12.6. The zero-order valence-electron chi connectivity index (χ0n) is 11.4. The highest BCUT2D eigenvalue weighted by Crippen LogP contribution is 2.28. The summed E-state index contributed by atoms with van der Waals surface area (Å²) in [6.45, 7) is 1.89. The number of ether oxygens (including phenoxy) is 2. The molecule has 2 aliphatic rings. The first-order chi connectivity index (χ1) is 9.49. The van der Waals surface area contributed by atoms with Gasteiger partial charge in [-0.25, -0.2) is 8.78 Å². The van der Waals surface area contributed by atoms with E-state index in [0.29, 0.717) is 18.6 Å². The van der Waals surface area contributed by atoms with Crippen LogP contribution in [-0.4, -0.2) is 62.8 Å². The van der Waals surface area contributed by atoms with Crippen LogP contribution in [0, 0.1) is 5.92 Å². The molecule has 0 spiro atoms. The van der Waals surface area contributed by atoms with E-state index in [1.54, 1.807) is 0 Å². The Balaban J connectivity index is 1.63. The molecular formula is C13H21F4NO2. The van der Waals surface area contributed by atoms with Crippen LogP contribution in [0.1, 0.15) is 19.3 Å². The second-order valence-corrected chi connectivity index (χ2v) is 5.52. The minimum absolute atomic E-state index is 0.0561. The topological polar surface area (TPSA) is 21.7 Å². The van der Waals surface area contributed by atoms with Crippen molar-refractivity contribution >= 4 is 0 Å². The molecule has 118 valence electrons. The van der Waals surface area contributed by atoms with Crippen LogP contribution in [0.4, 0.5) is 17.6 Å². The van der Waals surface area contributed by atoms with E-state index in [1.165, 1.54) is 0 Å². The quantitative estimate of drug-likeness (QED) is 0.555. The maximum atomic E-state index is 12.6. The van der Waals surface area contributed by atoms with Crippen molar-refractivity contribution < 1.29 is 27.0 Å². The number of likely N-dealkylation sites (tertiary alicyclic amines) is 1. The molecule has 0 aromatic heterocycles. The molecule has 2 heterocycles. The SMILES string of the molecule is FC(F)C(F)(F)COCCN1CC[C@H]2OCCC[C@@H]2C1. The van der Waals surface area contributed by atoms with Gasteiger partial charge < -0.3 is 14.4 Å². The smallest absolute Gasteiger partial charge is 0.330 e. The average molecular weight is 299 g/mol. The first kappa shape index (κ1) is 16.0. The summed E-state index contributed by atoms with van der Waals surface area (Å²) in [4.78, 5) is 2.14. The van der Waals surface area contributed by atoms with Crippen LogP contribution in [0.25, 0.3) is 0 Å². The number of rotatable bonds is 6. The number of halogens is 4. The van der Waals surface area contributed by atoms with E-state index >= 15 is 0 Å². The number of hydrogen-bond acceptors (Lipinski definition) is 3. The predicted molar refractivity (Wildman–Crippen MR) is 65.3 cm³/mol.